The van der Waals surface area contributed by atoms with E-state index in [9.17, 15) is 0 Å². The summed E-state index contributed by atoms with van der Waals surface area (Å²) < 4.78 is 0. The third-order valence-corrected chi connectivity index (χ3v) is 4.05. The van der Waals surface area contributed by atoms with Crippen LogP contribution in [0, 0.1) is 6.92 Å². The summed E-state index contributed by atoms with van der Waals surface area (Å²) in [7, 11) is 2.13. The van der Waals surface area contributed by atoms with E-state index in [1.54, 1.807) is 6.20 Å². The van der Waals surface area contributed by atoms with Gasteiger partial charge in [0.05, 0.1) is 6.20 Å². The molecule has 1 aromatic heterocycles. The minimum atomic E-state index is 0.488. The molecule has 7 heteroatoms. The summed E-state index contributed by atoms with van der Waals surface area (Å²) in [5, 5.41) is 12.0. The number of nitrogens with zero attached hydrogens (tertiary/aromatic N) is 5. The molecular formula is C15H19ClN6. The molecule has 2 heterocycles. The van der Waals surface area contributed by atoms with Crippen LogP contribution in [0.5, 0.6) is 0 Å². The van der Waals surface area contributed by atoms with Crippen LogP contribution in [0.3, 0.4) is 0 Å². The molecule has 0 spiro atoms. The summed E-state index contributed by atoms with van der Waals surface area (Å²) in [4.78, 5) is 9.10. The molecule has 0 bridgehead atoms. The predicted molar refractivity (Wildman–Crippen MR) is 89.0 cm³/mol. The molecule has 1 aromatic carbocycles. The highest BCUT2D eigenvalue weighted by Gasteiger charge is 2.16. The summed E-state index contributed by atoms with van der Waals surface area (Å²) in [6.45, 7) is 5.96. The summed E-state index contributed by atoms with van der Waals surface area (Å²) in [6, 6.07) is 5.69. The van der Waals surface area contributed by atoms with E-state index in [2.05, 4.69) is 37.3 Å². The fraction of sp³-hybridized carbons (Fsp3) is 0.400. The normalized spacial score (nSPS) is 15.9. The van der Waals surface area contributed by atoms with Crippen molar-refractivity contribution in [2.75, 3.05) is 43.4 Å². The van der Waals surface area contributed by atoms with Crippen molar-refractivity contribution in [1.29, 1.82) is 0 Å². The summed E-state index contributed by atoms with van der Waals surface area (Å²) >= 11 is 6.04. The second kappa shape index (κ2) is 6.46. The molecule has 0 aliphatic carbocycles. The molecule has 0 saturated carbocycles. The number of nitrogens with one attached hydrogen (secondary N) is 1. The maximum absolute atomic E-state index is 6.04. The summed E-state index contributed by atoms with van der Waals surface area (Å²) in [6.07, 6.45) is 1.71. The van der Waals surface area contributed by atoms with E-state index in [0.717, 1.165) is 43.2 Å². The number of anilines is 3. The van der Waals surface area contributed by atoms with Crippen molar-refractivity contribution in [3.8, 4) is 0 Å². The summed E-state index contributed by atoms with van der Waals surface area (Å²) in [5.74, 6) is 1.34. The average Bonchev–Trinajstić information content (AvgIpc) is 2.52. The zero-order valence-electron chi connectivity index (χ0n) is 12.8. The van der Waals surface area contributed by atoms with E-state index >= 15 is 0 Å². The topological polar surface area (TPSA) is 57.2 Å². The number of likely N-dealkylation sites (N-methyl/N-ethyl adjacent to an activating group) is 1. The number of hydrogen-bond donors (Lipinski definition) is 1. The van der Waals surface area contributed by atoms with Crippen molar-refractivity contribution in [2.45, 2.75) is 6.92 Å². The highest BCUT2D eigenvalue weighted by Crippen LogP contribution is 2.23. The molecule has 0 atom stereocenters. The van der Waals surface area contributed by atoms with Gasteiger partial charge in [-0.2, -0.15) is 10.1 Å². The maximum atomic E-state index is 6.04. The van der Waals surface area contributed by atoms with Crippen molar-refractivity contribution in [3.63, 3.8) is 0 Å². The maximum Gasteiger partial charge on any atom is 0.249 e. The fourth-order valence-corrected chi connectivity index (χ4v) is 2.56. The van der Waals surface area contributed by atoms with Gasteiger partial charge < -0.3 is 15.1 Å². The van der Waals surface area contributed by atoms with Gasteiger partial charge in [-0.1, -0.05) is 17.7 Å². The van der Waals surface area contributed by atoms with Gasteiger partial charge in [-0.3, -0.25) is 0 Å². The smallest absolute Gasteiger partial charge is 0.249 e. The van der Waals surface area contributed by atoms with E-state index in [-0.39, 0.29) is 0 Å². The molecule has 6 nitrogen and oxygen atoms in total. The minimum absolute atomic E-state index is 0.488. The lowest BCUT2D eigenvalue weighted by Crippen LogP contribution is -2.44. The lowest BCUT2D eigenvalue weighted by atomic mass is 10.2. The van der Waals surface area contributed by atoms with Crippen LogP contribution < -0.4 is 10.2 Å². The van der Waals surface area contributed by atoms with Crippen LogP contribution >= 0.6 is 11.6 Å². The lowest BCUT2D eigenvalue weighted by Gasteiger charge is -2.32. The number of halogens is 1. The van der Waals surface area contributed by atoms with Gasteiger partial charge >= 0.3 is 0 Å². The molecule has 22 heavy (non-hydrogen) atoms. The molecule has 1 N–H and O–H groups in total. The second-order valence-electron chi connectivity index (χ2n) is 5.51. The van der Waals surface area contributed by atoms with Gasteiger partial charge in [0, 0.05) is 36.9 Å². The number of piperazine rings is 1. The highest BCUT2D eigenvalue weighted by molar-refractivity contribution is 6.30. The Bertz CT molecular complexity index is 654. The zero-order chi connectivity index (χ0) is 15.5. The van der Waals surface area contributed by atoms with E-state index in [1.807, 2.05) is 25.1 Å². The molecule has 1 fully saturated rings. The second-order valence-corrected chi connectivity index (χ2v) is 5.95. The Morgan fingerprint density at radius 2 is 1.95 bits per heavy atom. The van der Waals surface area contributed by atoms with Gasteiger partial charge in [0.15, 0.2) is 5.82 Å². The monoisotopic (exact) mass is 318 g/mol. The number of aromatic nitrogens is 3. The van der Waals surface area contributed by atoms with Crippen LogP contribution in [-0.4, -0.2) is 53.3 Å². The molecule has 0 unspecified atom stereocenters. The van der Waals surface area contributed by atoms with Crippen molar-refractivity contribution in [2.24, 2.45) is 0 Å². The minimum Gasteiger partial charge on any atom is -0.353 e. The molecule has 1 aliphatic rings. The van der Waals surface area contributed by atoms with E-state index < -0.39 is 0 Å². The first-order chi connectivity index (χ1) is 10.6. The molecule has 3 rings (SSSR count). The third kappa shape index (κ3) is 3.45. The first-order valence-electron chi connectivity index (χ1n) is 7.28. The molecule has 1 aliphatic heterocycles. The van der Waals surface area contributed by atoms with Crippen molar-refractivity contribution in [1.82, 2.24) is 20.1 Å². The largest absolute Gasteiger partial charge is 0.353 e. The van der Waals surface area contributed by atoms with E-state index in [4.69, 9.17) is 11.6 Å². The van der Waals surface area contributed by atoms with Crippen LogP contribution in [0.4, 0.5) is 17.5 Å². The summed E-state index contributed by atoms with van der Waals surface area (Å²) in [5.41, 5.74) is 1.97. The Hall–Kier alpha value is -1.92. The fourth-order valence-electron chi connectivity index (χ4n) is 2.39. The van der Waals surface area contributed by atoms with Crippen LogP contribution in [0.15, 0.2) is 24.4 Å². The predicted octanol–water partition coefficient (Wildman–Crippen LogP) is 2.33. The van der Waals surface area contributed by atoms with Crippen molar-refractivity contribution < 1.29 is 0 Å². The van der Waals surface area contributed by atoms with Crippen molar-refractivity contribution in [3.05, 3.63) is 35.0 Å². The molecule has 2 aromatic rings. The Morgan fingerprint density at radius 3 is 2.73 bits per heavy atom. The van der Waals surface area contributed by atoms with Crippen LogP contribution in [0.25, 0.3) is 0 Å². The van der Waals surface area contributed by atoms with Crippen LogP contribution in [0.2, 0.25) is 5.02 Å². The van der Waals surface area contributed by atoms with Gasteiger partial charge in [0.2, 0.25) is 5.95 Å². The number of aryl methyl sites for hydroxylation is 1. The van der Waals surface area contributed by atoms with Crippen LogP contribution in [-0.2, 0) is 0 Å². The molecule has 116 valence electrons. The average molecular weight is 319 g/mol. The lowest BCUT2D eigenvalue weighted by molar-refractivity contribution is 0.312. The van der Waals surface area contributed by atoms with Gasteiger partial charge in [-0.15, -0.1) is 5.10 Å². The Balaban J connectivity index is 1.78. The van der Waals surface area contributed by atoms with Gasteiger partial charge in [0.1, 0.15) is 0 Å². The molecule has 0 amide bonds. The highest BCUT2D eigenvalue weighted by atomic mass is 35.5. The molecular weight excluding hydrogens is 300 g/mol. The Labute approximate surface area is 135 Å². The van der Waals surface area contributed by atoms with E-state index in [0.29, 0.717) is 11.0 Å². The zero-order valence-corrected chi connectivity index (χ0v) is 13.5. The Kier molecular flexibility index (Phi) is 4.40. The standard InChI is InChI=1S/C15H19ClN6/c1-11-3-4-12(16)9-13(11)18-15-19-14(10-17-20-15)22-7-5-21(2)6-8-22/h3-4,9-10H,5-8H2,1-2H3,(H,18,19,20). The third-order valence-electron chi connectivity index (χ3n) is 3.82. The van der Waals surface area contributed by atoms with Gasteiger partial charge in [-0.05, 0) is 31.7 Å². The molecule has 0 radical (unpaired) electrons. The SMILES string of the molecule is Cc1ccc(Cl)cc1Nc1nncc(N2CCN(C)CC2)n1. The number of rotatable bonds is 3. The number of hydrogen-bond acceptors (Lipinski definition) is 6. The molecule has 1 saturated heterocycles. The first kappa shape index (κ1) is 15.0. The van der Waals surface area contributed by atoms with Crippen molar-refractivity contribution >= 4 is 29.1 Å². The quantitative estimate of drug-likeness (QED) is 0.937. The van der Waals surface area contributed by atoms with Gasteiger partial charge in [0.25, 0.3) is 0 Å². The first-order valence-corrected chi connectivity index (χ1v) is 7.66. The Morgan fingerprint density at radius 1 is 1.18 bits per heavy atom. The number of benzene rings is 1. The van der Waals surface area contributed by atoms with Gasteiger partial charge in [-0.25, -0.2) is 0 Å². The van der Waals surface area contributed by atoms with Crippen LogP contribution in [0.1, 0.15) is 5.56 Å². The van der Waals surface area contributed by atoms with E-state index in [1.165, 1.54) is 0 Å².